The average molecular weight is 455 g/mol. The Hall–Kier alpha value is -3.28. The Kier molecular flexibility index (Phi) is 7.10. The Labute approximate surface area is 188 Å². The van der Waals surface area contributed by atoms with E-state index >= 15 is 0 Å². The van der Waals surface area contributed by atoms with Gasteiger partial charge in [0.05, 0.1) is 30.4 Å². The topological polar surface area (TPSA) is 115 Å². The summed E-state index contributed by atoms with van der Waals surface area (Å²) in [5, 5.41) is 23.0. The number of anilines is 1. The highest BCUT2D eigenvalue weighted by Crippen LogP contribution is 2.26. The van der Waals surface area contributed by atoms with Crippen molar-refractivity contribution in [3.05, 3.63) is 70.5 Å². The minimum absolute atomic E-state index is 0.0363. The van der Waals surface area contributed by atoms with E-state index in [1.54, 1.807) is 12.1 Å². The maximum Gasteiger partial charge on any atom is 0.292 e. The van der Waals surface area contributed by atoms with Gasteiger partial charge in [-0.15, -0.1) is 10.2 Å². The molecule has 1 aromatic heterocycles. The van der Waals surface area contributed by atoms with Crippen LogP contribution in [0.5, 0.6) is 0 Å². The van der Waals surface area contributed by atoms with Crippen molar-refractivity contribution in [1.82, 2.24) is 19.7 Å². The van der Waals surface area contributed by atoms with Crippen molar-refractivity contribution in [3.8, 4) is 5.69 Å². The van der Waals surface area contributed by atoms with E-state index in [0.29, 0.717) is 24.9 Å². The minimum Gasteiger partial charge on any atom is -0.379 e. The predicted molar refractivity (Wildman–Crippen MR) is 120 cm³/mol. The number of nitrogens with one attached hydrogen (secondary N) is 1. The first kappa shape index (κ1) is 21.9. The van der Waals surface area contributed by atoms with E-state index in [4.69, 9.17) is 4.74 Å². The smallest absolute Gasteiger partial charge is 0.292 e. The Morgan fingerprint density at radius 2 is 1.81 bits per heavy atom. The van der Waals surface area contributed by atoms with Gasteiger partial charge in [-0.2, -0.15) is 0 Å². The lowest BCUT2D eigenvalue weighted by atomic mass is 10.2. The summed E-state index contributed by atoms with van der Waals surface area (Å²) in [5.74, 6) is 0.454. The molecule has 0 atom stereocenters. The minimum atomic E-state index is -0.521. The number of ether oxygens (including phenoxy) is 1. The third-order valence-electron chi connectivity index (χ3n) is 4.89. The lowest BCUT2D eigenvalue weighted by Gasteiger charge is -2.26. The number of nitro groups is 1. The molecule has 4 rings (SSSR count). The van der Waals surface area contributed by atoms with E-state index in [1.165, 1.54) is 23.9 Å². The molecule has 1 saturated heterocycles. The largest absolute Gasteiger partial charge is 0.379 e. The van der Waals surface area contributed by atoms with Crippen LogP contribution in [0.15, 0.2) is 59.8 Å². The first-order chi connectivity index (χ1) is 15.6. The van der Waals surface area contributed by atoms with E-state index in [1.807, 2.05) is 34.9 Å². The molecular weight excluding hydrogens is 432 g/mol. The number of rotatable bonds is 8. The first-order valence-corrected chi connectivity index (χ1v) is 11.1. The summed E-state index contributed by atoms with van der Waals surface area (Å²) in [6.45, 7) is 3.64. The summed E-state index contributed by atoms with van der Waals surface area (Å²) in [4.78, 5) is 25.4. The number of para-hydroxylation sites is 3. The Morgan fingerprint density at radius 1 is 1.09 bits per heavy atom. The molecule has 1 aliphatic rings. The van der Waals surface area contributed by atoms with Gasteiger partial charge >= 0.3 is 0 Å². The van der Waals surface area contributed by atoms with E-state index in [2.05, 4.69) is 20.4 Å². The maximum absolute atomic E-state index is 12.5. The summed E-state index contributed by atoms with van der Waals surface area (Å²) in [5.41, 5.74) is 0.925. The van der Waals surface area contributed by atoms with Gasteiger partial charge in [-0.25, -0.2) is 0 Å². The van der Waals surface area contributed by atoms with E-state index in [9.17, 15) is 14.9 Å². The van der Waals surface area contributed by atoms with Crippen LogP contribution in [0, 0.1) is 10.1 Å². The molecule has 2 heterocycles. The fraction of sp³-hybridized carbons (Fsp3) is 0.286. The van der Waals surface area contributed by atoms with Crippen molar-refractivity contribution < 1.29 is 14.5 Å². The van der Waals surface area contributed by atoms with Crippen molar-refractivity contribution in [2.45, 2.75) is 11.7 Å². The lowest BCUT2D eigenvalue weighted by molar-refractivity contribution is -0.383. The SMILES string of the molecule is O=C(CSc1nnc(CN2CCOCC2)n1-c1ccccc1)Nc1ccccc1[N+](=O)[O-]. The van der Waals surface area contributed by atoms with Crippen LogP contribution in [0.3, 0.4) is 0 Å². The number of benzene rings is 2. The summed E-state index contributed by atoms with van der Waals surface area (Å²) in [6.07, 6.45) is 0. The number of hydrogen-bond acceptors (Lipinski definition) is 8. The number of morpholine rings is 1. The highest BCUT2D eigenvalue weighted by atomic mass is 32.2. The normalized spacial score (nSPS) is 14.2. The zero-order valence-corrected chi connectivity index (χ0v) is 18.0. The van der Waals surface area contributed by atoms with Crippen LogP contribution in [0.4, 0.5) is 11.4 Å². The van der Waals surface area contributed by atoms with Gasteiger partial charge in [0.1, 0.15) is 5.69 Å². The van der Waals surface area contributed by atoms with Gasteiger partial charge in [0, 0.05) is 24.8 Å². The van der Waals surface area contributed by atoms with E-state index in [-0.39, 0.29) is 23.0 Å². The fourth-order valence-corrected chi connectivity index (χ4v) is 4.12. The van der Waals surface area contributed by atoms with Gasteiger partial charge in [0.2, 0.25) is 5.91 Å². The molecular formula is C21H22N6O4S. The molecule has 0 aliphatic carbocycles. The maximum atomic E-state index is 12.5. The zero-order chi connectivity index (χ0) is 22.3. The second-order valence-electron chi connectivity index (χ2n) is 7.07. The van der Waals surface area contributed by atoms with Crippen molar-refractivity contribution in [3.63, 3.8) is 0 Å². The van der Waals surface area contributed by atoms with Gasteiger partial charge < -0.3 is 10.1 Å². The summed E-state index contributed by atoms with van der Waals surface area (Å²) < 4.78 is 7.36. The van der Waals surface area contributed by atoms with Crippen LogP contribution >= 0.6 is 11.8 Å². The standard InChI is InChI=1S/C21H22N6O4S/c28-20(22-17-8-4-5-9-18(17)27(29)30)15-32-21-24-23-19(14-25-10-12-31-13-11-25)26(21)16-6-2-1-3-7-16/h1-9H,10-15H2,(H,22,28). The van der Waals surface area contributed by atoms with E-state index < -0.39 is 4.92 Å². The van der Waals surface area contributed by atoms with E-state index in [0.717, 1.165) is 24.6 Å². The van der Waals surface area contributed by atoms with Crippen LogP contribution in [0.25, 0.3) is 5.69 Å². The molecule has 11 heteroatoms. The quantitative estimate of drug-likeness (QED) is 0.314. The van der Waals surface area contributed by atoms with Gasteiger partial charge in [0.25, 0.3) is 5.69 Å². The molecule has 32 heavy (non-hydrogen) atoms. The molecule has 1 amide bonds. The van der Waals surface area contributed by atoms with Crippen LogP contribution < -0.4 is 5.32 Å². The highest BCUT2D eigenvalue weighted by Gasteiger charge is 2.20. The van der Waals surface area contributed by atoms with Gasteiger partial charge in [-0.1, -0.05) is 42.1 Å². The number of nitro benzene ring substituents is 1. The second-order valence-corrected chi connectivity index (χ2v) is 8.01. The van der Waals surface area contributed by atoms with Crippen LogP contribution in [0.2, 0.25) is 0 Å². The molecule has 0 radical (unpaired) electrons. The summed E-state index contributed by atoms with van der Waals surface area (Å²) in [6, 6.07) is 15.8. The average Bonchev–Trinajstić information content (AvgIpc) is 3.21. The molecule has 166 valence electrons. The molecule has 0 saturated carbocycles. The Balaban J connectivity index is 1.49. The first-order valence-electron chi connectivity index (χ1n) is 10.1. The molecule has 1 aliphatic heterocycles. The monoisotopic (exact) mass is 454 g/mol. The van der Waals surface area contributed by atoms with Gasteiger partial charge in [-0.05, 0) is 18.2 Å². The third kappa shape index (κ3) is 5.31. The van der Waals surface area contributed by atoms with Crippen molar-refractivity contribution in [2.24, 2.45) is 0 Å². The van der Waals surface area contributed by atoms with Crippen molar-refractivity contribution in [2.75, 3.05) is 37.4 Å². The van der Waals surface area contributed by atoms with Gasteiger partial charge in [0.15, 0.2) is 11.0 Å². The summed E-state index contributed by atoms with van der Waals surface area (Å²) >= 11 is 1.23. The molecule has 0 bridgehead atoms. The predicted octanol–water partition coefficient (Wildman–Crippen LogP) is 2.74. The number of hydrogen-bond donors (Lipinski definition) is 1. The van der Waals surface area contributed by atoms with Crippen LogP contribution in [-0.2, 0) is 16.1 Å². The molecule has 0 spiro atoms. The number of carbonyl (C=O) groups excluding carboxylic acids is 1. The molecule has 3 aromatic rings. The highest BCUT2D eigenvalue weighted by molar-refractivity contribution is 7.99. The fourth-order valence-electron chi connectivity index (χ4n) is 3.35. The molecule has 1 N–H and O–H groups in total. The Morgan fingerprint density at radius 3 is 2.56 bits per heavy atom. The molecule has 0 unspecified atom stereocenters. The third-order valence-corrected chi connectivity index (χ3v) is 5.82. The molecule has 1 fully saturated rings. The lowest BCUT2D eigenvalue weighted by Crippen LogP contribution is -2.36. The van der Waals surface area contributed by atoms with Crippen molar-refractivity contribution in [1.29, 1.82) is 0 Å². The Bertz CT molecular complexity index is 1080. The summed E-state index contributed by atoms with van der Waals surface area (Å²) in [7, 11) is 0. The van der Waals surface area contributed by atoms with Crippen LogP contribution in [0.1, 0.15) is 5.82 Å². The van der Waals surface area contributed by atoms with Gasteiger partial charge in [-0.3, -0.25) is 24.4 Å². The van der Waals surface area contributed by atoms with Crippen LogP contribution in [-0.4, -0.2) is 62.6 Å². The number of nitrogens with zero attached hydrogens (tertiary/aromatic N) is 5. The number of aromatic nitrogens is 3. The molecule has 2 aromatic carbocycles. The molecule has 10 nitrogen and oxygen atoms in total. The second kappa shape index (κ2) is 10.4. The zero-order valence-electron chi connectivity index (χ0n) is 17.2. The number of carbonyl (C=O) groups is 1. The number of thioether (sulfide) groups is 1. The number of amides is 1. The van der Waals surface area contributed by atoms with Crippen molar-refractivity contribution >= 4 is 29.0 Å².